The topological polar surface area (TPSA) is 62.2 Å². The number of thiazole rings is 1. The van der Waals surface area contributed by atoms with Crippen LogP contribution >= 0.6 is 11.3 Å². The molecule has 4 nitrogen and oxygen atoms in total. The Hall–Kier alpha value is -1.38. The predicted molar refractivity (Wildman–Crippen MR) is 66.7 cm³/mol. The first-order valence-electron chi connectivity index (χ1n) is 5.63. The van der Waals surface area contributed by atoms with E-state index in [1.165, 1.54) is 24.2 Å². The summed E-state index contributed by atoms with van der Waals surface area (Å²) in [4.78, 5) is 16.4. The lowest BCUT2D eigenvalue weighted by molar-refractivity contribution is -0.116. The number of hydrogen-bond acceptors (Lipinski definition) is 4. The van der Waals surface area contributed by atoms with Gasteiger partial charge in [0.15, 0.2) is 5.13 Å². The van der Waals surface area contributed by atoms with Crippen LogP contribution in [0.15, 0.2) is 6.20 Å². The Kier molecular flexibility index (Phi) is 4.13. The van der Waals surface area contributed by atoms with Gasteiger partial charge in [0.25, 0.3) is 0 Å². The van der Waals surface area contributed by atoms with Crippen LogP contribution in [-0.4, -0.2) is 22.6 Å². The number of aromatic nitrogens is 1. The molecule has 1 heterocycles. The molecule has 1 aliphatic carbocycles. The van der Waals surface area contributed by atoms with E-state index >= 15 is 0 Å². The summed E-state index contributed by atoms with van der Waals surface area (Å²) in [5.74, 6) is 6.33. The molecular weight excluding hydrogens is 236 g/mol. The lowest BCUT2D eigenvalue weighted by Crippen LogP contribution is -2.11. The van der Waals surface area contributed by atoms with Gasteiger partial charge in [0.1, 0.15) is 0 Å². The van der Waals surface area contributed by atoms with Gasteiger partial charge in [-0.2, -0.15) is 0 Å². The monoisotopic (exact) mass is 250 g/mol. The third-order valence-electron chi connectivity index (χ3n) is 2.37. The fourth-order valence-corrected chi connectivity index (χ4v) is 2.06. The van der Waals surface area contributed by atoms with E-state index in [1.54, 1.807) is 6.20 Å². The first-order valence-corrected chi connectivity index (χ1v) is 6.45. The third kappa shape index (κ3) is 4.17. The van der Waals surface area contributed by atoms with Gasteiger partial charge in [0.05, 0.1) is 17.7 Å². The fourth-order valence-electron chi connectivity index (χ4n) is 1.35. The smallest absolute Gasteiger partial charge is 0.226 e. The summed E-state index contributed by atoms with van der Waals surface area (Å²) in [5, 5.41) is 12.0. The Morgan fingerprint density at radius 1 is 1.65 bits per heavy atom. The zero-order valence-corrected chi connectivity index (χ0v) is 10.2. The highest BCUT2D eigenvalue weighted by Gasteiger charge is 2.24. The second kappa shape index (κ2) is 5.80. The van der Waals surface area contributed by atoms with Crippen LogP contribution in [0, 0.1) is 17.8 Å². The van der Waals surface area contributed by atoms with Crippen LogP contribution in [0.2, 0.25) is 0 Å². The quantitative estimate of drug-likeness (QED) is 0.798. The Morgan fingerprint density at radius 3 is 3.18 bits per heavy atom. The highest BCUT2D eigenvalue weighted by atomic mass is 32.1. The van der Waals surface area contributed by atoms with Gasteiger partial charge in [-0.1, -0.05) is 23.2 Å². The number of amides is 1. The third-order valence-corrected chi connectivity index (χ3v) is 3.20. The molecule has 0 spiro atoms. The fraction of sp³-hybridized carbons (Fsp3) is 0.500. The highest BCUT2D eigenvalue weighted by molar-refractivity contribution is 7.16. The largest absolute Gasteiger partial charge is 0.395 e. The van der Waals surface area contributed by atoms with Crippen molar-refractivity contribution in [2.24, 2.45) is 5.92 Å². The van der Waals surface area contributed by atoms with Crippen LogP contribution in [0.5, 0.6) is 0 Å². The van der Waals surface area contributed by atoms with E-state index in [0.29, 0.717) is 23.9 Å². The van der Waals surface area contributed by atoms with E-state index in [0.717, 1.165) is 4.88 Å². The van der Waals surface area contributed by atoms with Crippen molar-refractivity contribution in [2.75, 3.05) is 11.9 Å². The van der Waals surface area contributed by atoms with E-state index in [-0.39, 0.29) is 12.5 Å². The van der Waals surface area contributed by atoms with Gasteiger partial charge in [0, 0.05) is 12.8 Å². The summed E-state index contributed by atoms with van der Waals surface area (Å²) >= 11 is 1.36. The van der Waals surface area contributed by atoms with Gasteiger partial charge < -0.3 is 10.4 Å². The molecule has 0 aromatic carbocycles. The molecule has 0 unspecified atom stereocenters. The number of anilines is 1. The zero-order valence-electron chi connectivity index (χ0n) is 9.40. The number of aliphatic hydroxyl groups is 1. The number of nitrogens with one attached hydrogen (secondary N) is 1. The lowest BCUT2D eigenvalue weighted by atomic mass is 10.3. The number of carbonyl (C=O) groups is 1. The van der Waals surface area contributed by atoms with Gasteiger partial charge in [-0.3, -0.25) is 4.79 Å². The summed E-state index contributed by atoms with van der Waals surface area (Å²) in [5.41, 5.74) is 0. The highest BCUT2D eigenvalue weighted by Crippen LogP contribution is 2.32. The molecule has 0 radical (unpaired) electrons. The second-order valence-corrected chi connectivity index (χ2v) is 5.03. The zero-order chi connectivity index (χ0) is 12.1. The number of aliphatic hydroxyl groups excluding tert-OH is 1. The van der Waals surface area contributed by atoms with E-state index in [9.17, 15) is 4.79 Å². The van der Waals surface area contributed by atoms with Crippen molar-refractivity contribution in [1.82, 2.24) is 4.98 Å². The van der Waals surface area contributed by atoms with Crippen LogP contribution in [0.25, 0.3) is 0 Å². The summed E-state index contributed by atoms with van der Waals surface area (Å²) in [6.07, 6.45) is 5.04. The number of hydrogen-bond donors (Lipinski definition) is 2. The molecule has 1 aromatic rings. The van der Waals surface area contributed by atoms with Crippen molar-refractivity contribution in [3.8, 4) is 11.8 Å². The van der Waals surface area contributed by atoms with Crippen LogP contribution in [-0.2, 0) is 4.79 Å². The molecule has 5 heteroatoms. The molecule has 0 bridgehead atoms. The molecular formula is C12H14N2O2S. The van der Waals surface area contributed by atoms with E-state index in [1.807, 2.05) is 0 Å². The Morgan fingerprint density at radius 2 is 2.47 bits per heavy atom. The molecule has 1 fully saturated rings. The number of nitrogens with zero attached hydrogens (tertiary/aromatic N) is 1. The average molecular weight is 250 g/mol. The van der Waals surface area contributed by atoms with Gasteiger partial charge in [0.2, 0.25) is 5.91 Å². The van der Waals surface area contributed by atoms with Crippen molar-refractivity contribution in [3.05, 3.63) is 11.1 Å². The molecule has 2 rings (SSSR count). The Labute approximate surface area is 104 Å². The SMILES string of the molecule is O=C(CC1CC1)Nc1ncc(C#CCCO)s1. The molecule has 1 aliphatic rings. The maximum Gasteiger partial charge on any atom is 0.226 e. The molecule has 90 valence electrons. The predicted octanol–water partition coefficient (Wildman–Crippen LogP) is 1.62. The maximum atomic E-state index is 11.5. The standard InChI is InChI=1S/C12H14N2O2S/c15-6-2-1-3-10-8-13-12(17-10)14-11(16)7-9-4-5-9/h8-9,15H,2,4-7H2,(H,13,14,16). The van der Waals surface area contributed by atoms with E-state index < -0.39 is 0 Å². The molecule has 1 amide bonds. The molecule has 1 saturated carbocycles. The van der Waals surface area contributed by atoms with Crippen LogP contribution in [0.1, 0.15) is 30.6 Å². The molecule has 0 atom stereocenters. The molecule has 2 N–H and O–H groups in total. The molecule has 0 aliphatic heterocycles. The van der Waals surface area contributed by atoms with Crippen molar-refractivity contribution >= 4 is 22.4 Å². The van der Waals surface area contributed by atoms with E-state index in [2.05, 4.69) is 22.1 Å². The normalized spacial score (nSPS) is 13.9. The first-order chi connectivity index (χ1) is 8.28. The van der Waals surface area contributed by atoms with Gasteiger partial charge in [-0.15, -0.1) is 0 Å². The van der Waals surface area contributed by atoms with Gasteiger partial charge in [-0.05, 0) is 18.8 Å². The van der Waals surface area contributed by atoms with Crippen LogP contribution in [0.3, 0.4) is 0 Å². The Bertz CT molecular complexity index is 455. The summed E-state index contributed by atoms with van der Waals surface area (Å²) in [7, 11) is 0. The van der Waals surface area contributed by atoms with Crippen molar-refractivity contribution < 1.29 is 9.90 Å². The first kappa shape index (κ1) is 12.1. The number of rotatable bonds is 4. The van der Waals surface area contributed by atoms with E-state index in [4.69, 9.17) is 5.11 Å². The summed E-state index contributed by atoms with van der Waals surface area (Å²) < 4.78 is 0. The maximum absolute atomic E-state index is 11.5. The minimum Gasteiger partial charge on any atom is -0.395 e. The lowest BCUT2D eigenvalue weighted by Gasteiger charge is -1.98. The van der Waals surface area contributed by atoms with Gasteiger partial charge in [-0.25, -0.2) is 4.98 Å². The van der Waals surface area contributed by atoms with Crippen molar-refractivity contribution in [2.45, 2.75) is 25.7 Å². The van der Waals surface area contributed by atoms with Gasteiger partial charge >= 0.3 is 0 Å². The summed E-state index contributed by atoms with van der Waals surface area (Å²) in [6, 6.07) is 0. The van der Waals surface area contributed by atoms with Crippen molar-refractivity contribution in [3.63, 3.8) is 0 Å². The summed E-state index contributed by atoms with van der Waals surface area (Å²) in [6.45, 7) is 0.0663. The molecule has 1 aromatic heterocycles. The number of carbonyl (C=O) groups excluding carboxylic acids is 1. The second-order valence-electron chi connectivity index (χ2n) is 4.00. The van der Waals surface area contributed by atoms with Crippen LogP contribution in [0.4, 0.5) is 5.13 Å². The minimum atomic E-state index is 0.0386. The van der Waals surface area contributed by atoms with Crippen molar-refractivity contribution in [1.29, 1.82) is 0 Å². The minimum absolute atomic E-state index is 0.0386. The van der Waals surface area contributed by atoms with Crippen LogP contribution < -0.4 is 5.32 Å². The molecule has 0 saturated heterocycles. The Balaban J connectivity index is 1.85. The average Bonchev–Trinajstić information content (AvgIpc) is 2.99. The molecule has 17 heavy (non-hydrogen) atoms.